The van der Waals surface area contributed by atoms with Crippen molar-refractivity contribution in [3.63, 3.8) is 0 Å². The van der Waals surface area contributed by atoms with Crippen molar-refractivity contribution in [2.24, 2.45) is 5.92 Å². The van der Waals surface area contributed by atoms with Crippen LogP contribution < -0.4 is 10.1 Å². The first-order chi connectivity index (χ1) is 12.5. The molecule has 5 nitrogen and oxygen atoms in total. The molecular weight excluding hydrogens is 348 g/mol. The van der Waals surface area contributed by atoms with Crippen LogP contribution in [0.3, 0.4) is 0 Å². The van der Waals surface area contributed by atoms with Crippen molar-refractivity contribution in [1.82, 2.24) is 9.62 Å². The molecule has 0 radical (unpaired) electrons. The van der Waals surface area contributed by atoms with E-state index < -0.39 is 10.0 Å². The summed E-state index contributed by atoms with van der Waals surface area (Å²) in [6, 6.07) is 4.97. The normalized spacial score (nSPS) is 26.7. The third-order valence-corrected chi connectivity index (χ3v) is 7.38. The maximum atomic E-state index is 11.7. The van der Waals surface area contributed by atoms with Crippen molar-refractivity contribution in [2.75, 3.05) is 32.5 Å². The summed E-state index contributed by atoms with van der Waals surface area (Å²) >= 11 is 0. The van der Waals surface area contributed by atoms with Crippen molar-refractivity contribution in [3.05, 3.63) is 28.8 Å². The molecule has 0 aromatic heterocycles. The molecule has 0 bridgehead atoms. The Hall–Kier alpha value is -1.11. The fourth-order valence-corrected chi connectivity index (χ4v) is 5.51. The van der Waals surface area contributed by atoms with E-state index in [9.17, 15) is 8.42 Å². The van der Waals surface area contributed by atoms with Gasteiger partial charge in [-0.15, -0.1) is 0 Å². The fraction of sp³-hybridized carbons (Fsp3) is 0.700. The molecule has 4 rings (SSSR count). The molecule has 1 N–H and O–H groups in total. The minimum Gasteiger partial charge on any atom is -0.493 e. The zero-order valence-corrected chi connectivity index (χ0v) is 16.5. The maximum Gasteiger partial charge on any atom is 0.211 e. The summed E-state index contributed by atoms with van der Waals surface area (Å²) in [6.45, 7) is 2.96. The topological polar surface area (TPSA) is 58.6 Å². The molecule has 2 heterocycles. The molecule has 2 unspecified atom stereocenters. The summed E-state index contributed by atoms with van der Waals surface area (Å²) < 4.78 is 31.1. The Labute approximate surface area is 157 Å². The molecule has 0 spiro atoms. The highest BCUT2D eigenvalue weighted by atomic mass is 32.2. The highest BCUT2D eigenvalue weighted by molar-refractivity contribution is 7.88. The molecule has 2 atom stereocenters. The molecule has 3 aliphatic rings. The molecule has 2 aliphatic heterocycles. The zero-order valence-electron chi connectivity index (χ0n) is 15.7. The van der Waals surface area contributed by atoms with E-state index in [0.717, 1.165) is 38.2 Å². The van der Waals surface area contributed by atoms with Crippen LogP contribution in [0.25, 0.3) is 0 Å². The molecule has 1 aromatic rings. The van der Waals surface area contributed by atoms with E-state index in [2.05, 4.69) is 17.4 Å². The van der Waals surface area contributed by atoms with E-state index in [4.69, 9.17) is 4.74 Å². The molecule has 1 aliphatic carbocycles. The van der Waals surface area contributed by atoms with E-state index in [1.807, 2.05) is 0 Å². The largest absolute Gasteiger partial charge is 0.493 e. The Bertz CT molecular complexity index is 763. The van der Waals surface area contributed by atoms with E-state index in [1.165, 1.54) is 48.6 Å². The molecule has 26 heavy (non-hydrogen) atoms. The lowest BCUT2D eigenvalue weighted by atomic mass is 9.88. The molecule has 144 valence electrons. The number of hydrogen-bond acceptors (Lipinski definition) is 4. The monoisotopic (exact) mass is 378 g/mol. The van der Waals surface area contributed by atoms with Crippen molar-refractivity contribution in [3.8, 4) is 5.75 Å². The van der Waals surface area contributed by atoms with Crippen molar-refractivity contribution in [2.45, 2.75) is 51.0 Å². The van der Waals surface area contributed by atoms with Crippen molar-refractivity contribution in [1.29, 1.82) is 0 Å². The highest BCUT2D eigenvalue weighted by Gasteiger charge is 2.30. The van der Waals surface area contributed by atoms with E-state index >= 15 is 0 Å². The number of fused-ring (bicyclic) bond motifs is 2. The summed E-state index contributed by atoms with van der Waals surface area (Å²) in [6.07, 6.45) is 9.31. The number of sulfonamides is 1. The second kappa shape index (κ2) is 7.49. The van der Waals surface area contributed by atoms with Gasteiger partial charge in [-0.05, 0) is 74.6 Å². The number of aryl methyl sites for hydroxylation is 2. The minimum absolute atomic E-state index is 0.312. The summed E-state index contributed by atoms with van der Waals surface area (Å²) in [5.41, 5.74) is 4.27. The second-order valence-corrected chi connectivity index (χ2v) is 10.1. The third-order valence-electron chi connectivity index (χ3n) is 6.11. The minimum atomic E-state index is -3.06. The first-order valence-electron chi connectivity index (χ1n) is 9.98. The Kier molecular flexibility index (Phi) is 5.26. The van der Waals surface area contributed by atoms with Crippen LogP contribution in [0.4, 0.5) is 0 Å². The Morgan fingerprint density at radius 1 is 1.15 bits per heavy atom. The van der Waals surface area contributed by atoms with Crippen molar-refractivity contribution < 1.29 is 13.2 Å². The number of nitrogens with one attached hydrogen (secondary N) is 1. The quantitative estimate of drug-likeness (QED) is 0.875. The lowest BCUT2D eigenvalue weighted by molar-refractivity contribution is 0.314. The van der Waals surface area contributed by atoms with Gasteiger partial charge in [0.15, 0.2) is 0 Å². The smallest absolute Gasteiger partial charge is 0.211 e. The summed E-state index contributed by atoms with van der Waals surface area (Å²) in [7, 11) is -3.06. The van der Waals surface area contributed by atoms with Gasteiger partial charge in [-0.3, -0.25) is 0 Å². The molecular formula is C20H30N2O3S. The number of rotatable bonds is 4. The fourth-order valence-electron chi connectivity index (χ4n) is 4.59. The van der Waals surface area contributed by atoms with E-state index in [1.54, 1.807) is 4.31 Å². The van der Waals surface area contributed by atoms with Gasteiger partial charge < -0.3 is 10.1 Å². The molecule has 0 saturated carbocycles. The van der Waals surface area contributed by atoms with Crippen LogP contribution in [0.1, 0.15) is 54.8 Å². The predicted octanol–water partition coefficient (Wildman–Crippen LogP) is 2.65. The predicted molar refractivity (Wildman–Crippen MR) is 103 cm³/mol. The second-order valence-electron chi connectivity index (χ2n) is 8.09. The Morgan fingerprint density at radius 2 is 1.92 bits per heavy atom. The summed E-state index contributed by atoms with van der Waals surface area (Å²) in [4.78, 5) is 0. The van der Waals surface area contributed by atoms with Gasteiger partial charge in [0.25, 0.3) is 0 Å². The number of benzene rings is 1. The van der Waals surface area contributed by atoms with Gasteiger partial charge in [0.05, 0.1) is 12.9 Å². The highest BCUT2D eigenvalue weighted by Crippen LogP contribution is 2.36. The summed E-state index contributed by atoms with van der Waals surface area (Å²) in [5.74, 6) is 1.46. The Morgan fingerprint density at radius 3 is 2.65 bits per heavy atom. The molecule has 1 saturated heterocycles. The summed E-state index contributed by atoms with van der Waals surface area (Å²) in [5, 5.41) is 3.74. The SMILES string of the molecule is CS(=O)(=O)N1CCC(CNC2CCCOc3cc4c(cc32)CCCC4)C1. The molecule has 1 aromatic carbocycles. The number of ether oxygens (including phenoxy) is 1. The third kappa shape index (κ3) is 3.92. The van der Waals surface area contributed by atoms with Crippen LogP contribution in [-0.2, 0) is 22.9 Å². The first-order valence-corrected chi connectivity index (χ1v) is 11.8. The number of hydrogen-bond donors (Lipinski definition) is 1. The van der Waals surface area contributed by atoms with Crippen LogP contribution in [0, 0.1) is 5.92 Å². The van der Waals surface area contributed by atoms with Crippen LogP contribution in [0.5, 0.6) is 5.75 Å². The zero-order chi connectivity index (χ0) is 18.1. The molecule has 6 heteroatoms. The van der Waals surface area contributed by atoms with Gasteiger partial charge in [-0.1, -0.05) is 6.07 Å². The van der Waals surface area contributed by atoms with Crippen LogP contribution in [0.2, 0.25) is 0 Å². The lowest BCUT2D eigenvalue weighted by Crippen LogP contribution is -2.31. The van der Waals surface area contributed by atoms with Crippen LogP contribution in [0.15, 0.2) is 12.1 Å². The van der Waals surface area contributed by atoms with Crippen molar-refractivity contribution >= 4 is 10.0 Å². The lowest BCUT2D eigenvalue weighted by Gasteiger charge is -2.24. The van der Waals surface area contributed by atoms with Gasteiger partial charge in [0.2, 0.25) is 10.0 Å². The van der Waals surface area contributed by atoms with E-state index in [-0.39, 0.29) is 0 Å². The van der Waals surface area contributed by atoms with Crippen LogP contribution in [-0.4, -0.2) is 45.2 Å². The standard InChI is InChI=1S/C20H30N2O3S/c1-26(23,24)22-9-8-15(14-22)13-21-19-7-4-10-25-20-12-17-6-3-2-5-16(17)11-18(19)20/h11-12,15,19,21H,2-10,13-14H2,1H3. The molecule has 0 amide bonds. The first kappa shape index (κ1) is 18.3. The van der Waals surface area contributed by atoms with Gasteiger partial charge in [0, 0.05) is 24.7 Å². The number of nitrogens with zero attached hydrogens (tertiary/aromatic N) is 1. The van der Waals surface area contributed by atoms with Gasteiger partial charge in [0.1, 0.15) is 5.75 Å². The van der Waals surface area contributed by atoms with Gasteiger partial charge >= 0.3 is 0 Å². The average Bonchev–Trinajstić information content (AvgIpc) is 3.02. The van der Waals surface area contributed by atoms with E-state index in [0.29, 0.717) is 25.0 Å². The van der Waals surface area contributed by atoms with Gasteiger partial charge in [-0.25, -0.2) is 12.7 Å². The van der Waals surface area contributed by atoms with Gasteiger partial charge in [-0.2, -0.15) is 0 Å². The average molecular weight is 379 g/mol. The Balaban J connectivity index is 1.46. The molecule has 1 fully saturated rings. The maximum absolute atomic E-state index is 11.7. The van der Waals surface area contributed by atoms with Crippen LogP contribution >= 0.6 is 0 Å².